The summed E-state index contributed by atoms with van der Waals surface area (Å²) in [6.45, 7) is 3.23. The SMILES string of the molecule is Cc1cccc(OCCCNC(=O)Cc2csc(-c3cccs3)n2)c1. The van der Waals surface area contributed by atoms with Gasteiger partial charge in [0.1, 0.15) is 10.8 Å². The van der Waals surface area contributed by atoms with Crippen LogP contribution in [0.25, 0.3) is 9.88 Å². The monoisotopic (exact) mass is 372 g/mol. The number of ether oxygens (including phenoxy) is 1. The first-order chi connectivity index (χ1) is 12.2. The van der Waals surface area contributed by atoms with Gasteiger partial charge < -0.3 is 10.1 Å². The molecule has 0 atom stereocenters. The topological polar surface area (TPSA) is 51.2 Å². The van der Waals surface area contributed by atoms with Crippen molar-refractivity contribution in [3.8, 4) is 15.6 Å². The molecule has 0 radical (unpaired) electrons. The normalized spacial score (nSPS) is 10.6. The van der Waals surface area contributed by atoms with Crippen molar-refractivity contribution in [3.05, 3.63) is 58.4 Å². The van der Waals surface area contributed by atoms with Gasteiger partial charge in [-0.2, -0.15) is 0 Å². The predicted molar refractivity (Wildman–Crippen MR) is 103 cm³/mol. The van der Waals surface area contributed by atoms with E-state index in [0.717, 1.165) is 27.7 Å². The van der Waals surface area contributed by atoms with E-state index in [2.05, 4.69) is 10.3 Å². The molecule has 25 heavy (non-hydrogen) atoms. The zero-order chi connectivity index (χ0) is 17.5. The highest BCUT2D eigenvalue weighted by Crippen LogP contribution is 2.27. The Kier molecular flexibility index (Phi) is 6.19. The lowest BCUT2D eigenvalue weighted by Crippen LogP contribution is -2.27. The van der Waals surface area contributed by atoms with Crippen LogP contribution >= 0.6 is 22.7 Å². The van der Waals surface area contributed by atoms with E-state index in [4.69, 9.17) is 4.74 Å². The molecule has 130 valence electrons. The summed E-state index contributed by atoms with van der Waals surface area (Å²) in [4.78, 5) is 17.7. The zero-order valence-corrected chi connectivity index (χ0v) is 15.7. The maximum absolute atomic E-state index is 12.0. The van der Waals surface area contributed by atoms with Crippen LogP contribution in [0.3, 0.4) is 0 Å². The molecule has 0 saturated heterocycles. The van der Waals surface area contributed by atoms with Gasteiger partial charge in [0.15, 0.2) is 0 Å². The summed E-state index contributed by atoms with van der Waals surface area (Å²) < 4.78 is 5.67. The second kappa shape index (κ2) is 8.78. The molecule has 0 aliphatic rings. The summed E-state index contributed by atoms with van der Waals surface area (Å²) in [6, 6.07) is 12.0. The third-order valence-electron chi connectivity index (χ3n) is 3.53. The van der Waals surface area contributed by atoms with Crippen molar-refractivity contribution in [3.63, 3.8) is 0 Å². The fourth-order valence-corrected chi connectivity index (χ4v) is 3.96. The molecule has 4 nitrogen and oxygen atoms in total. The van der Waals surface area contributed by atoms with Gasteiger partial charge in [0, 0.05) is 11.9 Å². The number of thiophene rings is 1. The summed E-state index contributed by atoms with van der Waals surface area (Å²) in [7, 11) is 0. The number of benzene rings is 1. The Bertz CT molecular complexity index is 812. The second-order valence-electron chi connectivity index (χ2n) is 5.67. The highest BCUT2D eigenvalue weighted by atomic mass is 32.1. The van der Waals surface area contributed by atoms with Gasteiger partial charge in [-0.25, -0.2) is 4.98 Å². The fourth-order valence-electron chi connectivity index (χ4n) is 2.32. The van der Waals surface area contributed by atoms with Crippen molar-refractivity contribution < 1.29 is 9.53 Å². The maximum Gasteiger partial charge on any atom is 0.226 e. The van der Waals surface area contributed by atoms with Crippen molar-refractivity contribution in [1.82, 2.24) is 10.3 Å². The first kappa shape index (κ1) is 17.6. The van der Waals surface area contributed by atoms with Crippen LogP contribution in [0, 0.1) is 6.92 Å². The quantitative estimate of drug-likeness (QED) is 0.600. The Morgan fingerprint density at radius 1 is 1.24 bits per heavy atom. The Morgan fingerprint density at radius 2 is 2.16 bits per heavy atom. The van der Waals surface area contributed by atoms with E-state index in [1.54, 1.807) is 22.7 Å². The highest BCUT2D eigenvalue weighted by Gasteiger charge is 2.09. The highest BCUT2D eigenvalue weighted by molar-refractivity contribution is 7.20. The van der Waals surface area contributed by atoms with Gasteiger partial charge in [-0.05, 0) is 42.5 Å². The number of nitrogens with zero attached hydrogens (tertiary/aromatic N) is 1. The van der Waals surface area contributed by atoms with Crippen LogP contribution in [-0.4, -0.2) is 24.0 Å². The Hall–Kier alpha value is -2.18. The minimum Gasteiger partial charge on any atom is -0.494 e. The van der Waals surface area contributed by atoms with Crippen LogP contribution < -0.4 is 10.1 Å². The van der Waals surface area contributed by atoms with Crippen molar-refractivity contribution >= 4 is 28.6 Å². The van der Waals surface area contributed by atoms with E-state index in [1.807, 2.05) is 54.1 Å². The standard InChI is InChI=1S/C19H20N2O2S2/c1-14-5-2-6-16(11-14)23-9-4-8-20-18(22)12-15-13-25-19(21-15)17-7-3-10-24-17/h2-3,5-7,10-11,13H,4,8-9,12H2,1H3,(H,20,22). The van der Waals surface area contributed by atoms with E-state index in [-0.39, 0.29) is 5.91 Å². The molecular formula is C19H20N2O2S2. The number of hydrogen-bond donors (Lipinski definition) is 1. The molecule has 0 aliphatic carbocycles. The molecule has 3 rings (SSSR count). The molecule has 6 heteroatoms. The molecule has 1 aromatic carbocycles. The Labute approximate surface area is 155 Å². The molecule has 2 heterocycles. The number of rotatable bonds is 8. The van der Waals surface area contributed by atoms with Crippen LogP contribution in [0.4, 0.5) is 0 Å². The molecule has 0 fully saturated rings. The molecule has 0 spiro atoms. The van der Waals surface area contributed by atoms with E-state index in [9.17, 15) is 4.79 Å². The number of aryl methyl sites for hydroxylation is 1. The van der Waals surface area contributed by atoms with E-state index < -0.39 is 0 Å². The van der Waals surface area contributed by atoms with Gasteiger partial charge in [0.2, 0.25) is 5.91 Å². The van der Waals surface area contributed by atoms with Gasteiger partial charge in [-0.3, -0.25) is 4.79 Å². The lowest BCUT2D eigenvalue weighted by atomic mass is 10.2. The minimum atomic E-state index is -0.00131. The Morgan fingerprint density at radius 3 is 2.96 bits per heavy atom. The summed E-state index contributed by atoms with van der Waals surface area (Å²) in [5.74, 6) is 0.869. The van der Waals surface area contributed by atoms with Crippen LogP contribution in [-0.2, 0) is 11.2 Å². The number of thiazole rings is 1. The minimum absolute atomic E-state index is 0.00131. The summed E-state index contributed by atoms with van der Waals surface area (Å²) in [6.07, 6.45) is 1.10. The Balaban J connectivity index is 1.36. The lowest BCUT2D eigenvalue weighted by Gasteiger charge is -2.07. The van der Waals surface area contributed by atoms with Gasteiger partial charge >= 0.3 is 0 Å². The first-order valence-corrected chi connectivity index (χ1v) is 9.91. The third kappa shape index (κ3) is 5.41. The van der Waals surface area contributed by atoms with E-state index >= 15 is 0 Å². The maximum atomic E-state index is 12.0. The van der Waals surface area contributed by atoms with Crippen LogP contribution in [0.2, 0.25) is 0 Å². The molecule has 1 N–H and O–H groups in total. The molecule has 0 aliphatic heterocycles. The fraction of sp³-hybridized carbons (Fsp3) is 0.263. The average molecular weight is 373 g/mol. The summed E-state index contributed by atoms with van der Waals surface area (Å²) in [5.41, 5.74) is 2.00. The first-order valence-electron chi connectivity index (χ1n) is 8.15. The van der Waals surface area contributed by atoms with Gasteiger partial charge in [-0.15, -0.1) is 22.7 Å². The number of carbonyl (C=O) groups excluding carboxylic acids is 1. The van der Waals surface area contributed by atoms with Crippen LogP contribution in [0.5, 0.6) is 5.75 Å². The van der Waals surface area contributed by atoms with E-state index in [0.29, 0.717) is 19.6 Å². The predicted octanol–water partition coefficient (Wildman–Crippen LogP) is 4.31. The van der Waals surface area contributed by atoms with Crippen molar-refractivity contribution in [2.24, 2.45) is 0 Å². The van der Waals surface area contributed by atoms with Crippen molar-refractivity contribution in [2.75, 3.05) is 13.2 Å². The molecular weight excluding hydrogens is 352 g/mol. The summed E-state index contributed by atoms with van der Waals surface area (Å²) >= 11 is 3.24. The molecule has 0 unspecified atom stereocenters. The van der Waals surface area contributed by atoms with Crippen LogP contribution in [0.15, 0.2) is 47.2 Å². The lowest BCUT2D eigenvalue weighted by molar-refractivity contribution is -0.120. The largest absolute Gasteiger partial charge is 0.494 e. The number of amides is 1. The molecule has 3 aromatic rings. The van der Waals surface area contributed by atoms with Crippen molar-refractivity contribution in [2.45, 2.75) is 19.8 Å². The number of nitrogens with one attached hydrogen (secondary N) is 1. The molecule has 1 amide bonds. The van der Waals surface area contributed by atoms with Gasteiger partial charge in [0.25, 0.3) is 0 Å². The summed E-state index contributed by atoms with van der Waals surface area (Å²) in [5, 5.41) is 7.88. The van der Waals surface area contributed by atoms with Gasteiger partial charge in [-0.1, -0.05) is 18.2 Å². The number of aromatic nitrogens is 1. The number of hydrogen-bond acceptors (Lipinski definition) is 5. The molecule has 0 bridgehead atoms. The molecule has 2 aromatic heterocycles. The smallest absolute Gasteiger partial charge is 0.226 e. The third-order valence-corrected chi connectivity index (χ3v) is 5.46. The zero-order valence-electron chi connectivity index (χ0n) is 14.0. The van der Waals surface area contributed by atoms with Crippen molar-refractivity contribution in [1.29, 1.82) is 0 Å². The van der Waals surface area contributed by atoms with E-state index in [1.165, 1.54) is 5.56 Å². The number of carbonyl (C=O) groups is 1. The molecule has 0 saturated carbocycles. The second-order valence-corrected chi connectivity index (χ2v) is 7.47. The van der Waals surface area contributed by atoms with Gasteiger partial charge in [0.05, 0.1) is 23.6 Å². The average Bonchev–Trinajstić information content (AvgIpc) is 3.26. The van der Waals surface area contributed by atoms with Crippen LogP contribution in [0.1, 0.15) is 17.7 Å².